The Balaban J connectivity index is 2.33. The van der Waals surface area contributed by atoms with Crippen molar-refractivity contribution in [3.8, 4) is 6.07 Å². The average molecular weight is 251 g/mol. The Morgan fingerprint density at radius 1 is 1.21 bits per heavy atom. The summed E-state index contributed by atoms with van der Waals surface area (Å²) in [6.45, 7) is 2.22. The quantitative estimate of drug-likeness (QED) is 0.767. The maximum Gasteiger partial charge on any atom is 0.0992 e. The molecule has 1 fully saturated rings. The minimum atomic E-state index is 0.723. The van der Waals surface area contributed by atoms with E-state index in [-0.39, 0.29) is 0 Å². The number of hydrogen-bond donors (Lipinski definition) is 0. The highest BCUT2D eigenvalue weighted by Crippen LogP contribution is 2.25. The minimum Gasteiger partial charge on any atom is -0.371 e. The van der Waals surface area contributed by atoms with Crippen molar-refractivity contribution in [2.24, 2.45) is 0 Å². The Hall–Kier alpha value is -1.01. The van der Waals surface area contributed by atoms with Crippen molar-refractivity contribution in [2.75, 3.05) is 18.0 Å². The number of hydrogen-bond acceptors (Lipinski definition) is 2. The van der Waals surface area contributed by atoms with E-state index in [0.717, 1.165) is 28.8 Å². The standard InChI is InChI=1S/C11H11BrN2/c12-10-5-9(8-13)6-11(7-10)14-3-1-2-4-14/h5-7H,1-4H2. The van der Waals surface area contributed by atoms with E-state index in [9.17, 15) is 0 Å². The van der Waals surface area contributed by atoms with E-state index < -0.39 is 0 Å². The van der Waals surface area contributed by atoms with Crippen LogP contribution in [0.1, 0.15) is 18.4 Å². The first-order valence-corrected chi connectivity index (χ1v) is 5.54. The lowest BCUT2D eigenvalue weighted by Crippen LogP contribution is -2.17. The summed E-state index contributed by atoms with van der Waals surface area (Å²) in [6, 6.07) is 8.05. The molecule has 1 saturated heterocycles. The molecule has 0 aliphatic carbocycles. The zero-order valence-electron chi connectivity index (χ0n) is 7.83. The first-order chi connectivity index (χ1) is 6.79. The molecule has 1 aromatic carbocycles. The summed E-state index contributed by atoms with van der Waals surface area (Å²) in [5.41, 5.74) is 1.88. The van der Waals surface area contributed by atoms with E-state index in [0.29, 0.717) is 0 Å². The highest BCUT2D eigenvalue weighted by Gasteiger charge is 2.13. The van der Waals surface area contributed by atoms with Gasteiger partial charge in [-0.25, -0.2) is 0 Å². The number of halogens is 1. The molecule has 0 N–H and O–H groups in total. The predicted molar refractivity (Wildman–Crippen MR) is 60.3 cm³/mol. The molecule has 1 aromatic rings. The molecule has 0 unspecified atom stereocenters. The average Bonchev–Trinajstić information content (AvgIpc) is 2.69. The van der Waals surface area contributed by atoms with Gasteiger partial charge in [0.1, 0.15) is 0 Å². The second kappa shape index (κ2) is 4.02. The van der Waals surface area contributed by atoms with E-state index in [2.05, 4.69) is 33.0 Å². The van der Waals surface area contributed by atoms with Crippen molar-refractivity contribution < 1.29 is 0 Å². The van der Waals surface area contributed by atoms with Crippen LogP contribution in [0.5, 0.6) is 0 Å². The zero-order valence-corrected chi connectivity index (χ0v) is 9.42. The largest absolute Gasteiger partial charge is 0.371 e. The summed E-state index contributed by atoms with van der Waals surface area (Å²) in [7, 11) is 0. The van der Waals surface area contributed by atoms with Crippen molar-refractivity contribution >= 4 is 21.6 Å². The monoisotopic (exact) mass is 250 g/mol. The van der Waals surface area contributed by atoms with Crippen molar-refractivity contribution in [3.63, 3.8) is 0 Å². The van der Waals surface area contributed by atoms with Gasteiger partial charge < -0.3 is 4.90 Å². The normalized spacial score (nSPS) is 15.6. The summed E-state index contributed by atoms with van der Waals surface area (Å²) < 4.78 is 0.985. The fourth-order valence-corrected chi connectivity index (χ4v) is 2.28. The SMILES string of the molecule is N#Cc1cc(Br)cc(N2CCCC2)c1. The van der Waals surface area contributed by atoms with Gasteiger partial charge in [-0.3, -0.25) is 0 Å². The molecule has 0 bridgehead atoms. The summed E-state index contributed by atoms with van der Waals surface area (Å²) in [5, 5.41) is 8.84. The second-order valence-electron chi connectivity index (χ2n) is 3.50. The molecule has 1 heterocycles. The van der Waals surface area contributed by atoms with Gasteiger partial charge in [-0.1, -0.05) is 15.9 Å². The maximum absolute atomic E-state index is 8.84. The first kappa shape index (κ1) is 9.54. The minimum absolute atomic E-state index is 0.723. The van der Waals surface area contributed by atoms with Crippen LogP contribution >= 0.6 is 15.9 Å². The smallest absolute Gasteiger partial charge is 0.0992 e. The molecule has 14 heavy (non-hydrogen) atoms. The zero-order chi connectivity index (χ0) is 9.97. The fraction of sp³-hybridized carbons (Fsp3) is 0.364. The molecule has 0 saturated carbocycles. The van der Waals surface area contributed by atoms with E-state index in [1.807, 2.05) is 12.1 Å². The van der Waals surface area contributed by atoms with Crippen molar-refractivity contribution in [1.29, 1.82) is 5.26 Å². The molecular formula is C11H11BrN2. The molecule has 2 nitrogen and oxygen atoms in total. The summed E-state index contributed by atoms with van der Waals surface area (Å²) >= 11 is 3.42. The Morgan fingerprint density at radius 3 is 2.57 bits per heavy atom. The fourth-order valence-electron chi connectivity index (χ4n) is 1.80. The lowest BCUT2D eigenvalue weighted by molar-refractivity contribution is 0.949. The summed E-state index contributed by atoms with van der Waals surface area (Å²) in [6.07, 6.45) is 2.52. The molecule has 72 valence electrons. The van der Waals surface area contributed by atoms with E-state index >= 15 is 0 Å². The lowest BCUT2D eigenvalue weighted by atomic mass is 10.2. The number of nitriles is 1. The molecule has 0 radical (unpaired) electrons. The Kier molecular flexibility index (Phi) is 2.74. The highest BCUT2D eigenvalue weighted by atomic mass is 79.9. The van der Waals surface area contributed by atoms with Crippen LogP contribution in [-0.4, -0.2) is 13.1 Å². The molecule has 2 rings (SSSR count). The van der Waals surface area contributed by atoms with Crippen LogP contribution in [0.25, 0.3) is 0 Å². The molecule has 0 atom stereocenters. The van der Waals surface area contributed by atoms with E-state index in [1.165, 1.54) is 12.8 Å². The Morgan fingerprint density at radius 2 is 1.93 bits per heavy atom. The number of rotatable bonds is 1. The Labute approximate surface area is 92.3 Å². The predicted octanol–water partition coefficient (Wildman–Crippen LogP) is 2.92. The van der Waals surface area contributed by atoms with Crippen LogP contribution in [0.3, 0.4) is 0 Å². The van der Waals surface area contributed by atoms with Crippen LogP contribution in [0.2, 0.25) is 0 Å². The van der Waals surface area contributed by atoms with E-state index in [1.54, 1.807) is 0 Å². The van der Waals surface area contributed by atoms with Gasteiger partial charge in [0.25, 0.3) is 0 Å². The van der Waals surface area contributed by atoms with Gasteiger partial charge in [0.2, 0.25) is 0 Å². The van der Waals surface area contributed by atoms with Gasteiger partial charge in [-0.2, -0.15) is 5.26 Å². The van der Waals surface area contributed by atoms with Crippen LogP contribution in [0.15, 0.2) is 22.7 Å². The molecule has 0 spiro atoms. The third-order valence-electron chi connectivity index (χ3n) is 2.48. The van der Waals surface area contributed by atoms with Crippen LogP contribution < -0.4 is 4.90 Å². The molecular weight excluding hydrogens is 240 g/mol. The van der Waals surface area contributed by atoms with Gasteiger partial charge in [0, 0.05) is 23.2 Å². The van der Waals surface area contributed by atoms with Gasteiger partial charge >= 0.3 is 0 Å². The highest BCUT2D eigenvalue weighted by molar-refractivity contribution is 9.10. The lowest BCUT2D eigenvalue weighted by Gasteiger charge is -2.17. The van der Waals surface area contributed by atoms with Gasteiger partial charge in [0.15, 0.2) is 0 Å². The molecule has 1 aliphatic rings. The third-order valence-corrected chi connectivity index (χ3v) is 2.94. The molecule has 0 aromatic heterocycles. The third kappa shape index (κ3) is 1.91. The number of nitrogens with zero attached hydrogens (tertiary/aromatic N) is 2. The van der Waals surface area contributed by atoms with E-state index in [4.69, 9.17) is 5.26 Å². The summed E-state index contributed by atoms with van der Waals surface area (Å²) in [4.78, 5) is 2.33. The topological polar surface area (TPSA) is 27.0 Å². The van der Waals surface area contributed by atoms with Crippen molar-refractivity contribution in [1.82, 2.24) is 0 Å². The van der Waals surface area contributed by atoms with Crippen LogP contribution in [-0.2, 0) is 0 Å². The molecule has 1 aliphatic heterocycles. The Bertz CT molecular complexity index is 375. The number of benzene rings is 1. The first-order valence-electron chi connectivity index (χ1n) is 4.75. The van der Waals surface area contributed by atoms with Crippen LogP contribution in [0, 0.1) is 11.3 Å². The maximum atomic E-state index is 8.84. The van der Waals surface area contributed by atoms with Crippen LogP contribution in [0.4, 0.5) is 5.69 Å². The molecule has 0 amide bonds. The number of anilines is 1. The van der Waals surface area contributed by atoms with Crippen molar-refractivity contribution in [2.45, 2.75) is 12.8 Å². The van der Waals surface area contributed by atoms with Gasteiger partial charge in [-0.15, -0.1) is 0 Å². The molecule has 3 heteroatoms. The summed E-state index contributed by atoms with van der Waals surface area (Å²) in [5.74, 6) is 0. The van der Waals surface area contributed by atoms with Gasteiger partial charge in [-0.05, 0) is 31.0 Å². The van der Waals surface area contributed by atoms with Gasteiger partial charge in [0.05, 0.1) is 11.6 Å². The van der Waals surface area contributed by atoms with Crippen molar-refractivity contribution in [3.05, 3.63) is 28.2 Å². The second-order valence-corrected chi connectivity index (χ2v) is 4.42.